The van der Waals surface area contributed by atoms with Crippen LogP contribution in [0.4, 0.5) is 0 Å². The van der Waals surface area contributed by atoms with Crippen LogP contribution in [0.3, 0.4) is 0 Å². The van der Waals surface area contributed by atoms with Crippen LogP contribution in [0, 0.1) is 0 Å². The standard InChI is InChI=1S/C16H15N5O/c17-15(22)14-8-13(20-21-14)12-7-10(16(18)5-6-16)9-3-1-2-4-11(9)19-12/h1-4,7-8H,5-6,18H2,(H2,17,22)(H,20,21). The molecule has 6 heteroatoms. The second kappa shape index (κ2) is 4.38. The lowest BCUT2D eigenvalue weighted by atomic mass is 9.99. The number of para-hydroxylation sites is 1. The molecule has 0 atom stereocenters. The van der Waals surface area contributed by atoms with Crippen molar-refractivity contribution in [3.8, 4) is 11.4 Å². The Hall–Kier alpha value is -2.73. The fraction of sp³-hybridized carbons (Fsp3) is 0.188. The molecule has 0 saturated heterocycles. The molecule has 4 rings (SSSR count). The van der Waals surface area contributed by atoms with E-state index in [9.17, 15) is 4.79 Å². The number of aromatic nitrogens is 3. The molecule has 6 nitrogen and oxygen atoms in total. The number of benzene rings is 1. The molecule has 1 aliphatic carbocycles. The van der Waals surface area contributed by atoms with E-state index in [0.717, 1.165) is 29.3 Å². The number of fused-ring (bicyclic) bond motifs is 1. The van der Waals surface area contributed by atoms with Gasteiger partial charge < -0.3 is 11.5 Å². The number of amides is 1. The number of nitrogens with two attached hydrogens (primary N) is 2. The van der Waals surface area contributed by atoms with Crippen molar-refractivity contribution in [2.45, 2.75) is 18.4 Å². The highest BCUT2D eigenvalue weighted by Crippen LogP contribution is 2.45. The van der Waals surface area contributed by atoms with Gasteiger partial charge in [-0.25, -0.2) is 4.98 Å². The number of hydrogen-bond donors (Lipinski definition) is 3. The van der Waals surface area contributed by atoms with Crippen LogP contribution in [0.15, 0.2) is 36.4 Å². The molecular weight excluding hydrogens is 278 g/mol. The summed E-state index contributed by atoms with van der Waals surface area (Å²) >= 11 is 0. The minimum Gasteiger partial charge on any atom is -0.364 e. The third kappa shape index (κ3) is 1.96. The van der Waals surface area contributed by atoms with E-state index in [4.69, 9.17) is 11.5 Å². The lowest BCUT2D eigenvalue weighted by molar-refractivity contribution is 0.0995. The van der Waals surface area contributed by atoms with Crippen LogP contribution < -0.4 is 11.5 Å². The number of pyridine rings is 1. The summed E-state index contributed by atoms with van der Waals surface area (Å²) in [6.07, 6.45) is 1.93. The van der Waals surface area contributed by atoms with Crippen molar-refractivity contribution in [3.05, 3.63) is 47.7 Å². The first-order valence-electron chi connectivity index (χ1n) is 7.12. The highest BCUT2D eigenvalue weighted by Gasteiger charge is 2.41. The van der Waals surface area contributed by atoms with E-state index >= 15 is 0 Å². The largest absolute Gasteiger partial charge is 0.364 e. The topological polar surface area (TPSA) is 111 Å². The highest BCUT2D eigenvalue weighted by molar-refractivity contribution is 5.92. The predicted molar refractivity (Wildman–Crippen MR) is 82.9 cm³/mol. The first-order chi connectivity index (χ1) is 10.6. The number of carbonyl (C=O) groups excluding carboxylic acids is 1. The summed E-state index contributed by atoms with van der Waals surface area (Å²) in [7, 11) is 0. The second-order valence-electron chi connectivity index (χ2n) is 5.76. The fourth-order valence-corrected chi connectivity index (χ4v) is 2.70. The van der Waals surface area contributed by atoms with Crippen LogP contribution in [0.5, 0.6) is 0 Å². The molecule has 0 radical (unpaired) electrons. The zero-order chi connectivity index (χ0) is 15.3. The summed E-state index contributed by atoms with van der Waals surface area (Å²) in [6, 6.07) is 11.5. The van der Waals surface area contributed by atoms with Crippen LogP contribution >= 0.6 is 0 Å². The van der Waals surface area contributed by atoms with Gasteiger partial charge in [-0.15, -0.1) is 0 Å². The van der Waals surface area contributed by atoms with Gasteiger partial charge in [-0.2, -0.15) is 5.10 Å². The van der Waals surface area contributed by atoms with Gasteiger partial charge in [0.1, 0.15) is 11.4 Å². The summed E-state index contributed by atoms with van der Waals surface area (Å²) in [5.74, 6) is -0.544. The van der Waals surface area contributed by atoms with E-state index < -0.39 is 5.91 Å². The third-order valence-corrected chi connectivity index (χ3v) is 4.15. The van der Waals surface area contributed by atoms with Crippen molar-refractivity contribution in [1.82, 2.24) is 15.2 Å². The van der Waals surface area contributed by atoms with Crippen molar-refractivity contribution in [2.24, 2.45) is 11.5 Å². The van der Waals surface area contributed by atoms with Crippen LogP contribution in [-0.4, -0.2) is 21.1 Å². The van der Waals surface area contributed by atoms with Gasteiger partial charge in [0.05, 0.1) is 11.2 Å². The number of rotatable bonds is 3. The first-order valence-corrected chi connectivity index (χ1v) is 7.12. The quantitative estimate of drug-likeness (QED) is 0.682. The van der Waals surface area contributed by atoms with Gasteiger partial charge in [0.2, 0.25) is 0 Å². The number of H-pyrrole nitrogens is 1. The minimum atomic E-state index is -0.544. The maximum Gasteiger partial charge on any atom is 0.266 e. The first kappa shape index (κ1) is 13.0. The van der Waals surface area contributed by atoms with Crippen molar-refractivity contribution in [2.75, 3.05) is 0 Å². The zero-order valence-corrected chi connectivity index (χ0v) is 11.8. The van der Waals surface area contributed by atoms with Gasteiger partial charge in [-0.3, -0.25) is 9.89 Å². The van der Waals surface area contributed by atoms with Gasteiger partial charge in [0, 0.05) is 10.9 Å². The lowest BCUT2D eigenvalue weighted by Crippen LogP contribution is -2.19. The van der Waals surface area contributed by atoms with Gasteiger partial charge >= 0.3 is 0 Å². The van der Waals surface area contributed by atoms with Crippen molar-refractivity contribution < 1.29 is 4.79 Å². The maximum atomic E-state index is 11.2. The molecule has 110 valence electrons. The number of nitrogens with one attached hydrogen (secondary N) is 1. The normalized spacial score (nSPS) is 15.9. The number of carbonyl (C=O) groups is 1. The summed E-state index contributed by atoms with van der Waals surface area (Å²) in [5.41, 5.74) is 14.9. The Balaban J connectivity index is 1.93. The zero-order valence-electron chi connectivity index (χ0n) is 11.8. The molecule has 2 aromatic heterocycles. The van der Waals surface area contributed by atoms with Crippen LogP contribution in [0.1, 0.15) is 28.9 Å². The molecule has 3 aromatic rings. The molecule has 1 aromatic carbocycles. The fourth-order valence-electron chi connectivity index (χ4n) is 2.70. The maximum absolute atomic E-state index is 11.2. The van der Waals surface area contributed by atoms with E-state index in [2.05, 4.69) is 15.2 Å². The molecule has 1 aliphatic rings. The molecule has 1 saturated carbocycles. The van der Waals surface area contributed by atoms with Gasteiger partial charge in [-0.05, 0) is 36.6 Å². The smallest absolute Gasteiger partial charge is 0.266 e. The Morgan fingerprint density at radius 2 is 1.95 bits per heavy atom. The number of hydrogen-bond acceptors (Lipinski definition) is 4. The Kier molecular flexibility index (Phi) is 2.58. The summed E-state index contributed by atoms with van der Waals surface area (Å²) < 4.78 is 0. The van der Waals surface area contributed by atoms with E-state index in [1.54, 1.807) is 6.07 Å². The van der Waals surface area contributed by atoms with E-state index in [-0.39, 0.29) is 11.2 Å². The molecule has 1 fully saturated rings. The monoisotopic (exact) mass is 293 g/mol. The van der Waals surface area contributed by atoms with Crippen LogP contribution in [-0.2, 0) is 5.54 Å². The Bertz CT molecular complexity index is 894. The molecule has 22 heavy (non-hydrogen) atoms. The number of nitrogens with zero attached hydrogens (tertiary/aromatic N) is 2. The lowest BCUT2D eigenvalue weighted by Gasteiger charge is -2.14. The van der Waals surface area contributed by atoms with Gasteiger partial charge in [-0.1, -0.05) is 18.2 Å². The summed E-state index contributed by atoms with van der Waals surface area (Å²) in [5, 5.41) is 7.83. The van der Waals surface area contributed by atoms with E-state index in [0.29, 0.717) is 11.4 Å². The van der Waals surface area contributed by atoms with E-state index in [1.807, 2.05) is 30.3 Å². The molecule has 0 spiro atoms. The Labute approximate surface area is 126 Å². The Morgan fingerprint density at radius 3 is 2.64 bits per heavy atom. The van der Waals surface area contributed by atoms with Crippen molar-refractivity contribution in [1.29, 1.82) is 0 Å². The number of aromatic amines is 1. The highest BCUT2D eigenvalue weighted by atomic mass is 16.1. The molecule has 2 heterocycles. The average molecular weight is 293 g/mol. The van der Waals surface area contributed by atoms with Gasteiger partial charge in [0.15, 0.2) is 0 Å². The van der Waals surface area contributed by atoms with Crippen molar-refractivity contribution in [3.63, 3.8) is 0 Å². The number of primary amides is 1. The SMILES string of the molecule is NC(=O)c1cc(-c2cc(C3(N)CC3)c3ccccc3n2)n[nH]1. The summed E-state index contributed by atoms with van der Waals surface area (Å²) in [6.45, 7) is 0. The molecule has 0 bridgehead atoms. The third-order valence-electron chi connectivity index (χ3n) is 4.15. The van der Waals surface area contributed by atoms with Crippen molar-refractivity contribution >= 4 is 16.8 Å². The molecule has 5 N–H and O–H groups in total. The molecule has 1 amide bonds. The minimum absolute atomic E-state index is 0.264. The summed E-state index contributed by atoms with van der Waals surface area (Å²) in [4.78, 5) is 15.8. The molecule has 0 aliphatic heterocycles. The molecular formula is C16H15N5O. The van der Waals surface area contributed by atoms with E-state index in [1.165, 1.54) is 0 Å². The van der Waals surface area contributed by atoms with Gasteiger partial charge in [0.25, 0.3) is 5.91 Å². The molecule has 0 unspecified atom stereocenters. The Morgan fingerprint density at radius 1 is 1.18 bits per heavy atom. The van der Waals surface area contributed by atoms with Crippen LogP contribution in [0.2, 0.25) is 0 Å². The average Bonchev–Trinajstić information content (AvgIpc) is 3.08. The predicted octanol–water partition coefficient (Wildman–Crippen LogP) is 1.67. The second-order valence-corrected chi connectivity index (χ2v) is 5.76. The van der Waals surface area contributed by atoms with Crippen LogP contribution in [0.25, 0.3) is 22.3 Å².